The molecular formula is C17H23N3O4. The second kappa shape index (κ2) is 8.90. The van der Waals surface area contributed by atoms with Gasteiger partial charge in [0.05, 0.1) is 6.61 Å². The number of carbonyl (C=O) groups is 3. The van der Waals surface area contributed by atoms with Gasteiger partial charge in [-0.1, -0.05) is 30.3 Å². The first-order valence-corrected chi connectivity index (χ1v) is 8.14. The molecular weight excluding hydrogens is 310 g/mol. The van der Waals surface area contributed by atoms with Crippen LogP contribution in [0.2, 0.25) is 0 Å². The maximum absolute atomic E-state index is 11.9. The molecule has 0 aromatic heterocycles. The molecule has 0 aliphatic carbocycles. The minimum Gasteiger partial charge on any atom is -0.450 e. The molecule has 1 fully saturated rings. The fraction of sp³-hybridized carbons (Fsp3) is 0.471. The van der Waals surface area contributed by atoms with Gasteiger partial charge >= 0.3 is 17.9 Å². The molecule has 1 saturated heterocycles. The third kappa shape index (κ3) is 5.26. The van der Waals surface area contributed by atoms with Crippen molar-refractivity contribution < 1.29 is 19.1 Å². The Hall–Kier alpha value is -2.57. The van der Waals surface area contributed by atoms with Crippen LogP contribution in [0.4, 0.5) is 4.79 Å². The van der Waals surface area contributed by atoms with Crippen molar-refractivity contribution in [3.63, 3.8) is 0 Å². The lowest BCUT2D eigenvalue weighted by Crippen LogP contribution is -2.50. The highest BCUT2D eigenvalue weighted by Crippen LogP contribution is 2.11. The first kappa shape index (κ1) is 17.8. The number of hydrogen-bond donors (Lipinski definition) is 2. The molecule has 0 spiro atoms. The van der Waals surface area contributed by atoms with Crippen molar-refractivity contribution in [2.24, 2.45) is 0 Å². The molecule has 0 radical (unpaired) electrons. The van der Waals surface area contributed by atoms with E-state index in [-0.39, 0.29) is 12.1 Å². The second-order valence-electron chi connectivity index (χ2n) is 5.60. The molecule has 24 heavy (non-hydrogen) atoms. The molecule has 1 aliphatic heterocycles. The molecule has 2 N–H and O–H groups in total. The van der Waals surface area contributed by atoms with Gasteiger partial charge in [-0.3, -0.25) is 9.59 Å². The first-order chi connectivity index (χ1) is 11.6. The number of likely N-dealkylation sites (tertiary alicyclic amines) is 1. The zero-order chi connectivity index (χ0) is 17.4. The number of ether oxygens (including phenoxy) is 1. The Labute approximate surface area is 141 Å². The molecule has 0 unspecified atom stereocenters. The topological polar surface area (TPSA) is 87.7 Å². The lowest BCUT2D eigenvalue weighted by Gasteiger charge is -2.31. The number of carbonyl (C=O) groups excluding carboxylic acids is 3. The highest BCUT2D eigenvalue weighted by atomic mass is 16.6. The van der Waals surface area contributed by atoms with Gasteiger partial charge in [-0.2, -0.15) is 0 Å². The van der Waals surface area contributed by atoms with E-state index in [9.17, 15) is 14.4 Å². The van der Waals surface area contributed by atoms with Crippen LogP contribution in [0.5, 0.6) is 0 Å². The number of amides is 3. The molecule has 1 aliphatic rings. The Kier molecular flexibility index (Phi) is 6.60. The van der Waals surface area contributed by atoms with Crippen molar-refractivity contribution in [1.82, 2.24) is 15.5 Å². The van der Waals surface area contributed by atoms with Gasteiger partial charge in [0.1, 0.15) is 0 Å². The van der Waals surface area contributed by atoms with Gasteiger partial charge in [-0.15, -0.1) is 0 Å². The minimum absolute atomic E-state index is 0.106. The summed E-state index contributed by atoms with van der Waals surface area (Å²) in [5.41, 5.74) is 0.932. The van der Waals surface area contributed by atoms with Crippen LogP contribution in [0.1, 0.15) is 25.3 Å². The fourth-order valence-corrected chi connectivity index (χ4v) is 2.53. The second-order valence-corrected chi connectivity index (χ2v) is 5.60. The molecule has 1 heterocycles. The van der Waals surface area contributed by atoms with Crippen molar-refractivity contribution in [3.8, 4) is 0 Å². The van der Waals surface area contributed by atoms with Crippen LogP contribution in [-0.2, 0) is 20.9 Å². The van der Waals surface area contributed by atoms with Gasteiger partial charge in [0, 0.05) is 25.7 Å². The summed E-state index contributed by atoms with van der Waals surface area (Å²) in [6.45, 7) is 3.44. The Balaban J connectivity index is 1.71. The van der Waals surface area contributed by atoms with Crippen molar-refractivity contribution in [2.45, 2.75) is 32.4 Å². The van der Waals surface area contributed by atoms with E-state index in [4.69, 9.17) is 4.74 Å². The summed E-state index contributed by atoms with van der Waals surface area (Å²) >= 11 is 0. The van der Waals surface area contributed by atoms with Crippen LogP contribution >= 0.6 is 0 Å². The van der Waals surface area contributed by atoms with E-state index < -0.39 is 11.8 Å². The fourth-order valence-electron chi connectivity index (χ4n) is 2.53. The summed E-state index contributed by atoms with van der Waals surface area (Å²) in [7, 11) is 0. The van der Waals surface area contributed by atoms with E-state index in [1.54, 1.807) is 11.8 Å². The van der Waals surface area contributed by atoms with Gasteiger partial charge in [-0.05, 0) is 25.3 Å². The highest BCUT2D eigenvalue weighted by Gasteiger charge is 2.26. The molecule has 0 atom stereocenters. The van der Waals surface area contributed by atoms with Crippen molar-refractivity contribution in [3.05, 3.63) is 35.9 Å². The minimum atomic E-state index is -0.647. The summed E-state index contributed by atoms with van der Waals surface area (Å²) in [5, 5.41) is 5.31. The van der Waals surface area contributed by atoms with Crippen molar-refractivity contribution >= 4 is 17.9 Å². The first-order valence-electron chi connectivity index (χ1n) is 8.14. The van der Waals surface area contributed by atoms with E-state index in [1.807, 2.05) is 30.3 Å². The van der Waals surface area contributed by atoms with Crippen molar-refractivity contribution in [2.75, 3.05) is 19.7 Å². The molecule has 0 bridgehead atoms. The molecule has 0 saturated carbocycles. The lowest BCUT2D eigenvalue weighted by molar-refractivity contribution is -0.139. The summed E-state index contributed by atoms with van der Waals surface area (Å²) in [5.74, 6) is -1.29. The molecule has 7 nitrogen and oxygen atoms in total. The summed E-state index contributed by atoms with van der Waals surface area (Å²) in [4.78, 5) is 37.0. The van der Waals surface area contributed by atoms with E-state index in [0.717, 1.165) is 5.56 Å². The average molecular weight is 333 g/mol. The van der Waals surface area contributed by atoms with Gasteiger partial charge < -0.3 is 20.3 Å². The molecule has 7 heteroatoms. The Bertz CT molecular complexity index is 568. The van der Waals surface area contributed by atoms with E-state index >= 15 is 0 Å². The molecule has 1 aromatic carbocycles. The van der Waals surface area contributed by atoms with Gasteiger partial charge in [0.2, 0.25) is 0 Å². The SMILES string of the molecule is CCOC(=O)N1CCC(NC(=O)C(=O)NCc2ccccc2)CC1. The van der Waals surface area contributed by atoms with Crippen LogP contribution in [0.15, 0.2) is 30.3 Å². The zero-order valence-corrected chi connectivity index (χ0v) is 13.8. The summed E-state index contributed by atoms with van der Waals surface area (Å²) < 4.78 is 4.95. The van der Waals surface area contributed by atoms with Gasteiger partial charge in [0.25, 0.3) is 0 Å². The Morgan fingerprint density at radius 1 is 1.12 bits per heavy atom. The Morgan fingerprint density at radius 3 is 2.42 bits per heavy atom. The maximum atomic E-state index is 11.9. The standard InChI is InChI=1S/C17H23N3O4/c1-2-24-17(23)20-10-8-14(9-11-20)19-16(22)15(21)18-12-13-6-4-3-5-7-13/h3-7,14H,2,8-12H2,1H3,(H,18,21)(H,19,22). The van der Waals surface area contributed by atoms with E-state index in [2.05, 4.69) is 10.6 Å². The monoisotopic (exact) mass is 333 g/mol. The largest absolute Gasteiger partial charge is 0.450 e. The van der Waals surface area contributed by atoms with E-state index in [1.165, 1.54) is 0 Å². The third-order valence-electron chi connectivity index (χ3n) is 3.86. The van der Waals surface area contributed by atoms with Crippen LogP contribution in [0.25, 0.3) is 0 Å². The zero-order valence-electron chi connectivity index (χ0n) is 13.8. The van der Waals surface area contributed by atoms with Crippen molar-refractivity contribution in [1.29, 1.82) is 0 Å². The van der Waals surface area contributed by atoms with Crippen LogP contribution < -0.4 is 10.6 Å². The van der Waals surface area contributed by atoms with Crippen LogP contribution in [-0.4, -0.2) is 48.5 Å². The highest BCUT2D eigenvalue weighted by molar-refractivity contribution is 6.35. The molecule has 130 valence electrons. The number of benzene rings is 1. The molecule has 3 amide bonds. The predicted octanol–water partition coefficient (Wildman–Crippen LogP) is 1.04. The van der Waals surface area contributed by atoms with Gasteiger partial charge in [-0.25, -0.2) is 4.79 Å². The quantitative estimate of drug-likeness (QED) is 0.806. The third-order valence-corrected chi connectivity index (χ3v) is 3.86. The molecule has 1 aromatic rings. The number of piperidine rings is 1. The van der Waals surface area contributed by atoms with Crippen LogP contribution in [0, 0.1) is 0 Å². The predicted molar refractivity (Wildman–Crippen MR) is 88.0 cm³/mol. The summed E-state index contributed by atoms with van der Waals surface area (Å²) in [6, 6.07) is 9.29. The normalized spacial score (nSPS) is 14.8. The summed E-state index contributed by atoms with van der Waals surface area (Å²) in [6.07, 6.45) is 0.885. The van der Waals surface area contributed by atoms with E-state index in [0.29, 0.717) is 39.1 Å². The maximum Gasteiger partial charge on any atom is 0.409 e. The number of nitrogens with zero attached hydrogens (tertiary/aromatic N) is 1. The number of hydrogen-bond acceptors (Lipinski definition) is 4. The van der Waals surface area contributed by atoms with Gasteiger partial charge in [0.15, 0.2) is 0 Å². The number of nitrogens with one attached hydrogen (secondary N) is 2. The molecule has 2 rings (SSSR count). The average Bonchev–Trinajstić information content (AvgIpc) is 2.61. The van der Waals surface area contributed by atoms with Crippen LogP contribution in [0.3, 0.4) is 0 Å². The number of rotatable bonds is 4. The Morgan fingerprint density at radius 2 is 1.79 bits per heavy atom. The smallest absolute Gasteiger partial charge is 0.409 e. The lowest BCUT2D eigenvalue weighted by atomic mass is 10.1.